The zero-order valence-electron chi connectivity index (χ0n) is 55.2. The molecule has 1 unspecified atom stereocenters. The number of thiazole rings is 1. The lowest BCUT2D eigenvalue weighted by Crippen LogP contribution is -2.53. The highest BCUT2D eigenvalue weighted by molar-refractivity contribution is 7.11. The monoisotopic (exact) mass is 1490 g/mol. The second-order valence-corrected chi connectivity index (χ2v) is 27.4. The van der Waals surface area contributed by atoms with Gasteiger partial charge in [0, 0.05) is 171 Å². The highest BCUT2D eigenvalue weighted by atomic mass is 35.5. The maximum Gasteiger partial charge on any atom is 0.338 e. The van der Waals surface area contributed by atoms with Crippen molar-refractivity contribution in [1.82, 2.24) is 44.8 Å². The summed E-state index contributed by atoms with van der Waals surface area (Å²) in [6.07, 6.45) is 6.10. The average molecular weight is 1490 g/mol. The number of urea groups is 2. The number of amides is 4. The van der Waals surface area contributed by atoms with E-state index in [1.165, 1.54) is 72.9 Å². The number of methoxy groups -OCH3 is 2. The van der Waals surface area contributed by atoms with Gasteiger partial charge in [-0.3, -0.25) is 34.4 Å². The molecule has 7 aliphatic rings. The van der Waals surface area contributed by atoms with Crippen LogP contribution in [0, 0.1) is 29.2 Å². The molecule has 536 valence electrons. The molecule has 2 aromatic heterocycles. The van der Waals surface area contributed by atoms with Gasteiger partial charge in [0.1, 0.15) is 35.3 Å². The van der Waals surface area contributed by atoms with Crippen molar-refractivity contribution >= 4 is 111 Å². The lowest BCUT2D eigenvalue weighted by atomic mass is 9.95. The first-order valence-electron chi connectivity index (χ1n) is 32.5. The van der Waals surface area contributed by atoms with Crippen LogP contribution in [0.25, 0.3) is 0 Å². The van der Waals surface area contributed by atoms with Crippen LogP contribution in [0.1, 0.15) is 57.2 Å². The van der Waals surface area contributed by atoms with E-state index >= 15 is 0 Å². The standard InChI is InChI=1S/C36H31ClF3N7O6.C34H34Cl2FN7O5S/c1-44-8-7-41-33(44)32-42-28(30(35(50)52-2)31(43-32)25-5-4-20(38)14-26(25)37)18-45-9-10-46-23(16-45)17-47(36(46)51)22-12-21(39)13-24(15-22)53-29-6-3-19(34(48)49)11-27(29)40;1-49-33(47)28-27(39-30(31-38-6-11-50-31)40-29(28)25-3-2-21(37)14-26(25)36)18-41-9-10-43-24(16-41)17-44(34(43)48)23-13-20(35)12-22(15-23)42-7-4-19(5-8-42)32(45)46/h3-8,11-15,23,31H,9-10,16-18H2,1-2H3,(H,42,43)(H,48,49);2-3,6,11-15,19,24,29H,4-5,7-10,16-18H2,1H3,(H,39,40)(H,45,46)/t23-,31?;24-,29-/m00/s1. The minimum absolute atomic E-state index is 0.0749. The van der Waals surface area contributed by atoms with Crippen molar-refractivity contribution in [1.29, 1.82) is 0 Å². The number of carboxylic acid groups (broad SMARTS) is 2. The number of aryl methyl sites for hydroxylation is 1. The molecule has 25 nitrogen and oxygen atoms in total. The Kier molecular flexibility index (Phi) is 20.8. The number of aliphatic carboxylic acids is 1. The van der Waals surface area contributed by atoms with Crippen molar-refractivity contribution in [3.8, 4) is 11.5 Å². The third-order valence-electron chi connectivity index (χ3n) is 18.8. The van der Waals surface area contributed by atoms with Gasteiger partial charge in [0.25, 0.3) is 0 Å². The number of esters is 2. The minimum atomic E-state index is -1.32. The van der Waals surface area contributed by atoms with Crippen molar-refractivity contribution < 1.29 is 70.8 Å². The summed E-state index contributed by atoms with van der Waals surface area (Å²) in [5.41, 5.74) is 3.74. The van der Waals surface area contributed by atoms with Crippen LogP contribution in [-0.4, -0.2) is 197 Å². The molecule has 0 bridgehead atoms. The fourth-order valence-electron chi connectivity index (χ4n) is 13.8. The van der Waals surface area contributed by atoms with Crippen molar-refractivity contribution in [2.24, 2.45) is 23.0 Å². The number of aromatic carboxylic acids is 1. The smallest absolute Gasteiger partial charge is 0.338 e. The molecule has 0 spiro atoms. The normalized spacial score (nSPS) is 20.2. The average Bonchev–Trinajstić information content (AvgIpc) is 1.72. The number of hydrogen-bond donors (Lipinski definition) is 4. The Bertz CT molecular complexity index is 4670. The van der Waals surface area contributed by atoms with Crippen molar-refractivity contribution in [2.75, 3.05) is 107 Å². The van der Waals surface area contributed by atoms with Crippen LogP contribution < -0.4 is 30.1 Å². The van der Waals surface area contributed by atoms with Crippen LogP contribution in [0.5, 0.6) is 11.5 Å². The molecule has 4 atom stereocenters. The van der Waals surface area contributed by atoms with Gasteiger partial charge in [-0.25, -0.2) is 51.5 Å². The summed E-state index contributed by atoms with van der Waals surface area (Å²) in [5.74, 6) is -5.55. The number of carboxylic acids is 2. The Balaban J connectivity index is 0.000000184. The van der Waals surface area contributed by atoms with Crippen molar-refractivity contribution in [3.63, 3.8) is 0 Å². The van der Waals surface area contributed by atoms with Gasteiger partial charge in [0.05, 0.1) is 54.6 Å². The second kappa shape index (κ2) is 30.1. The van der Waals surface area contributed by atoms with Crippen molar-refractivity contribution in [2.45, 2.75) is 37.0 Å². The van der Waals surface area contributed by atoms with E-state index in [0.717, 1.165) is 36.0 Å². The van der Waals surface area contributed by atoms with Crippen LogP contribution >= 0.6 is 46.1 Å². The molecule has 33 heteroatoms. The van der Waals surface area contributed by atoms with E-state index in [4.69, 9.17) is 64.1 Å². The van der Waals surface area contributed by atoms with E-state index in [0.29, 0.717) is 134 Å². The van der Waals surface area contributed by atoms with Gasteiger partial charge < -0.3 is 54.3 Å². The highest BCUT2D eigenvalue weighted by Gasteiger charge is 2.45. The van der Waals surface area contributed by atoms with Crippen LogP contribution in [0.15, 0.2) is 147 Å². The number of amidine groups is 2. The van der Waals surface area contributed by atoms with Gasteiger partial charge in [-0.15, -0.1) is 11.3 Å². The second-order valence-electron chi connectivity index (χ2n) is 25.2. The molecular formula is C70H65Cl3F4N14O11S. The van der Waals surface area contributed by atoms with Gasteiger partial charge in [-0.1, -0.05) is 46.9 Å². The molecular weight excluding hydrogens is 1430 g/mol. The van der Waals surface area contributed by atoms with Crippen molar-refractivity contribution in [3.05, 3.63) is 203 Å². The Morgan fingerprint density at radius 2 is 1.18 bits per heavy atom. The summed E-state index contributed by atoms with van der Waals surface area (Å²) < 4.78 is 75.3. The number of piperidine rings is 1. The lowest BCUT2D eigenvalue weighted by molar-refractivity contribution is -0.142. The largest absolute Gasteiger partial charge is 0.481 e. The molecule has 9 heterocycles. The van der Waals surface area contributed by atoms with Gasteiger partial charge in [0.2, 0.25) is 0 Å². The fraction of sp³-hybridized carbons (Fsp3) is 0.314. The van der Waals surface area contributed by atoms with Gasteiger partial charge in [-0.05, 0) is 79.6 Å². The van der Waals surface area contributed by atoms with Crippen LogP contribution in [0.4, 0.5) is 44.2 Å². The number of imidazole rings is 1. The molecule has 0 radical (unpaired) electrons. The Morgan fingerprint density at radius 3 is 1.70 bits per heavy atom. The fourth-order valence-corrected chi connectivity index (χ4v) is 15.1. The third kappa shape index (κ3) is 15.1. The number of rotatable bonds is 17. The molecule has 103 heavy (non-hydrogen) atoms. The number of fused-ring (bicyclic) bond motifs is 2. The summed E-state index contributed by atoms with van der Waals surface area (Å²) in [6.45, 7) is 4.97. The molecule has 4 amide bonds. The summed E-state index contributed by atoms with van der Waals surface area (Å²) >= 11 is 20.9. The van der Waals surface area contributed by atoms with E-state index in [2.05, 4.69) is 35.3 Å². The van der Waals surface area contributed by atoms with Crippen LogP contribution in [-0.2, 0) is 30.9 Å². The summed E-state index contributed by atoms with van der Waals surface area (Å²) in [5, 5.41) is 28.3. The first-order valence-corrected chi connectivity index (χ1v) is 34.5. The van der Waals surface area contributed by atoms with Crippen LogP contribution in [0.3, 0.4) is 0 Å². The molecule has 7 aromatic rings. The number of halogens is 7. The number of nitrogens with zero attached hydrogens (tertiary/aromatic N) is 12. The SMILES string of the molecule is COC(=O)C1=C(CN2CCN3C(=O)N(c4cc(Cl)cc(N5CCC(C(=O)O)CC5)c4)C[C@@H]3C2)NC(c2nccs2)=N[C@H]1c1ccc(F)cc1Cl.COC(=O)C1=C(CN2CCN3C(=O)N(c4cc(F)cc(Oc5ccc(C(=O)O)cc5F)c4)C[C@@H]3C2)NC(c2nccn2C)=NC1c1ccc(F)cc1Cl. The predicted octanol–water partition coefficient (Wildman–Crippen LogP) is 10.2. The van der Waals surface area contributed by atoms with Crippen LogP contribution in [0.2, 0.25) is 15.1 Å². The number of hydrogen-bond acceptors (Lipinski definition) is 19. The number of aliphatic imine (C=N–C) groups is 2. The number of piperazine rings is 2. The van der Waals surface area contributed by atoms with E-state index in [9.17, 15) is 51.4 Å². The summed E-state index contributed by atoms with van der Waals surface area (Å²) in [6, 6.07) is 17.3. The number of carbonyl (C=O) groups excluding carboxylic acids is 4. The first kappa shape index (κ1) is 71.3. The third-order valence-corrected chi connectivity index (χ3v) is 20.5. The molecule has 5 saturated heterocycles. The molecule has 4 N–H and O–H groups in total. The number of carbonyl (C=O) groups is 6. The number of ether oxygens (including phenoxy) is 3. The Morgan fingerprint density at radius 1 is 0.621 bits per heavy atom. The highest BCUT2D eigenvalue weighted by Crippen LogP contribution is 2.41. The topological polar surface area (TPSA) is 273 Å². The minimum Gasteiger partial charge on any atom is -0.481 e. The molecule has 0 aliphatic carbocycles. The lowest BCUT2D eigenvalue weighted by Gasteiger charge is -2.38. The van der Waals surface area contributed by atoms with Gasteiger partial charge >= 0.3 is 35.9 Å². The zero-order chi connectivity index (χ0) is 72.7. The number of aromatic nitrogens is 3. The van der Waals surface area contributed by atoms with E-state index in [1.807, 2.05) is 22.4 Å². The molecule has 7 aliphatic heterocycles. The number of anilines is 3. The Labute approximate surface area is 605 Å². The number of nitrogens with one attached hydrogen (secondary N) is 2. The summed E-state index contributed by atoms with van der Waals surface area (Å²) in [4.78, 5) is 108. The summed E-state index contributed by atoms with van der Waals surface area (Å²) in [7, 11) is 4.34. The zero-order valence-corrected chi connectivity index (χ0v) is 58.3. The molecule has 0 saturated carbocycles. The molecule has 5 aromatic carbocycles. The van der Waals surface area contributed by atoms with Gasteiger partial charge in [-0.2, -0.15) is 0 Å². The molecule has 5 fully saturated rings. The van der Waals surface area contributed by atoms with E-state index < -0.39 is 59.2 Å². The molecule has 14 rings (SSSR count). The predicted molar refractivity (Wildman–Crippen MR) is 374 cm³/mol. The maximum absolute atomic E-state index is 14.9. The maximum atomic E-state index is 14.9. The number of benzene rings is 5. The van der Waals surface area contributed by atoms with Gasteiger partial charge in [0.15, 0.2) is 34.1 Å². The van der Waals surface area contributed by atoms with E-state index in [1.54, 1.807) is 46.1 Å². The quantitative estimate of drug-likeness (QED) is 0.0487. The Hall–Kier alpha value is -10.1. The first-order chi connectivity index (χ1) is 49.5. The van der Waals surface area contributed by atoms with E-state index in [-0.39, 0.29) is 87.1 Å².